The van der Waals surface area contributed by atoms with Crippen LogP contribution in [0.25, 0.3) is 22.3 Å². The van der Waals surface area contributed by atoms with Crippen molar-refractivity contribution >= 4 is 27.0 Å². The van der Waals surface area contributed by atoms with Crippen molar-refractivity contribution in [2.24, 2.45) is 0 Å². The number of aryl methyl sites for hydroxylation is 1. The van der Waals surface area contributed by atoms with Crippen molar-refractivity contribution in [2.45, 2.75) is 25.3 Å². The average Bonchev–Trinajstić information content (AvgIpc) is 3.55. The van der Waals surface area contributed by atoms with Crippen LogP contribution in [0.1, 0.15) is 29.0 Å². The van der Waals surface area contributed by atoms with E-state index in [0.717, 1.165) is 52.0 Å². The molecule has 33 heavy (non-hydrogen) atoms. The van der Waals surface area contributed by atoms with Gasteiger partial charge in [0.05, 0.1) is 5.69 Å². The molecule has 168 valence electrons. The summed E-state index contributed by atoms with van der Waals surface area (Å²) in [5, 5.41) is 21.7. The second-order valence-corrected chi connectivity index (χ2v) is 9.56. The molecule has 0 bridgehead atoms. The highest BCUT2D eigenvalue weighted by Gasteiger charge is 2.49. The third-order valence-electron chi connectivity index (χ3n) is 6.54. The Morgan fingerprint density at radius 3 is 2.70 bits per heavy atom. The van der Waals surface area contributed by atoms with E-state index >= 15 is 0 Å². The lowest BCUT2D eigenvalue weighted by molar-refractivity contribution is 0.0986. The van der Waals surface area contributed by atoms with Gasteiger partial charge in [0.15, 0.2) is 5.65 Å². The van der Waals surface area contributed by atoms with Crippen LogP contribution in [0.5, 0.6) is 5.75 Å². The van der Waals surface area contributed by atoms with Crippen LogP contribution >= 0.6 is 15.9 Å². The second-order valence-electron chi connectivity index (χ2n) is 8.65. The molecular weight excluding hydrogens is 482 g/mol. The zero-order chi connectivity index (χ0) is 22.5. The summed E-state index contributed by atoms with van der Waals surface area (Å²) >= 11 is 3.54. The monoisotopic (exact) mass is 505 g/mol. The number of nitrogens with zero attached hydrogens (tertiary/aromatic N) is 3. The number of pyridine rings is 1. The Hall–Kier alpha value is -2.78. The van der Waals surface area contributed by atoms with E-state index in [1.54, 1.807) is 12.1 Å². The normalized spacial score (nSPS) is 23.2. The van der Waals surface area contributed by atoms with Crippen LogP contribution in [-0.4, -0.2) is 51.0 Å². The number of nitrogens with one attached hydrogen (secondary N) is 2. The summed E-state index contributed by atoms with van der Waals surface area (Å²) in [5.41, 5.74) is 5.82. The van der Waals surface area contributed by atoms with Gasteiger partial charge < -0.3 is 15.2 Å². The number of phenols is 1. The molecule has 2 aliphatic heterocycles. The summed E-state index contributed by atoms with van der Waals surface area (Å²) in [4.78, 5) is 7.23. The maximum atomic E-state index is 9.67. The molecule has 8 heteroatoms. The first-order chi connectivity index (χ1) is 16.1. The Bertz CT molecular complexity index is 1310. The number of fused-ring (bicyclic) bond motifs is 1. The van der Waals surface area contributed by atoms with Crippen molar-refractivity contribution in [1.29, 1.82) is 0 Å². The molecule has 2 fully saturated rings. The number of rotatable bonds is 4. The number of phenolic OH excluding ortho intramolecular Hbond substituents is 1. The van der Waals surface area contributed by atoms with Crippen LogP contribution in [0.3, 0.4) is 0 Å². The van der Waals surface area contributed by atoms with Gasteiger partial charge in [-0.05, 0) is 60.5 Å². The number of benzene rings is 2. The zero-order valence-electron chi connectivity index (χ0n) is 18.1. The van der Waals surface area contributed by atoms with Gasteiger partial charge in [0.25, 0.3) is 0 Å². The maximum absolute atomic E-state index is 9.67. The average molecular weight is 506 g/mol. The molecule has 0 spiro atoms. The van der Waals surface area contributed by atoms with Gasteiger partial charge in [0.1, 0.15) is 18.1 Å². The fourth-order valence-corrected chi connectivity index (χ4v) is 5.08. The number of hydrogen-bond donors (Lipinski definition) is 3. The highest BCUT2D eigenvalue weighted by atomic mass is 79.9. The molecule has 2 aromatic heterocycles. The van der Waals surface area contributed by atoms with E-state index in [-0.39, 0.29) is 24.1 Å². The summed E-state index contributed by atoms with van der Waals surface area (Å²) in [6.07, 6.45) is -0.0352. The largest absolute Gasteiger partial charge is 0.508 e. The molecule has 3 atom stereocenters. The van der Waals surface area contributed by atoms with Crippen molar-refractivity contribution in [3.8, 4) is 17.0 Å². The van der Waals surface area contributed by atoms with Crippen molar-refractivity contribution in [1.82, 2.24) is 25.4 Å². The van der Waals surface area contributed by atoms with E-state index in [1.165, 1.54) is 5.56 Å². The predicted octanol–water partition coefficient (Wildman–Crippen LogP) is 4.45. The fourth-order valence-electron chi connectivity index (χ4n) is 4.82. The number of epoxide rings is 1. The van der Waals surface area contributed by atoms with Crippen LogP contribution in [-0.2, 0) is 4.74 Å². The Labute approximate surface area is 199 Å². The SMILES string of the molecule is Cc1[nH]nc2nc(-c3ccc(O)cc3)cc(C3OC3N3CCNCC3c3ccc(Br)cc3)c12. The summed E-state index contributed by atoms with van der Waals surface area (Å²) in [6.45, 7) is 4.78. The molecule has 7 nitrogen and oxygen atoms in total. The van der Waals surface area contributed by atoms with Crippen LogP contribution in [0.2, 0.25) is 0 Å². The number of aromatic nitrogens is 3. The molecule has 3 unspecified atom stereocenters. The maximum Gasteiger partial charge on any atom is 0.182 e. The molecule has 4 heterocycles. The molecule has 2 aliphatic rings. The van der Waals surface area contributed by atoms with Gasteiger partial charge in [0, 0.05) is 46.8 Å². The highest BCUT2D eigenvalue weighted by Crippen LogP contribution is 2.47. The molecule has 6 rings (SSSR count). The first-order valence-electron chi connectivity index (χ1n) is 11.1. The lowest BCUT2D eigenvalue weighted by atomic mass is 10.0. The molecule has 0 radical (unpaired) electrons. The van der Waals surface area contributed by atoms with Crippen molar-refractivity contribution in [2.75, 3.05) is 19.6 Å². The highest BCUT2D eigenvalue weighted by molar-refractivity contribution is 9.10. The molecular formula is C25H24BrN5O2. The topological polar surface area (TPSA) is 89.6 Å². The Balaban J connectivity index is 1.36. The minimum Gasteiger partial charge on any atom is -0.508 e. The quantitative estimate of drug-likeness (QED) is 0.355. The molecule has 0 amide bonds. The minimum atomic E-state index is -0.0429. The van der Waals surface area contributed by atoms with Gasteiger partial charge in [-0.3, -0.25) is 10.00 Å². The smallest absolute Gasteiger partial charge is 0.182 e. The lowest BCUT2D eigenvalue weighted by Gasteiger charge is -2.35. The number of hydrogen-bond acceptors (Lipinski definition) is 6. The number of aromatic amines is 1. The summed E-state index contributed by atoms with van der Waals surface area (Å²) in [5.74, 6) is 0.235. The predicted molar refractivity (Wildman–Crippen MR) is 130 cm³/mol. The lowest BCUT2D eigenvalue weighted by Crippen LogP contribution is -2.47. The van der Waals surface area contributed by atoms with Crippen LogP contribution in [0.15, 0.2) is 59.1 Å². The third-order valence-corrected chi connectivity index (χ3v) is 7.07. The number of H-pyrrole nitrogens is 1. The van der Waals surface area contributed by atoms with E-state index in [4.69, 9.17) is 9.72 Å². The van der Waals surface area contributed by atoms with Gasteiger partial charge in [-0.25, -0.2) is 4.98 Å². The number of halogens is 1. The number of piperazine rings is 1. The molecule has 2 saturated heterocycles. The van der Waals surface area contributed by atoms with Crippen molar-refractivity contribution in [3.63, 3.8) is 0 Å². The van der Waals surface area contributed by atoms with Gasteiger partial charge in [-0.15, -0.1) is 0 Å². The molecule has 3 N–H and O–H groups in total. The third kappa shape index (κ3) is 3.83. The van der Waals surface area contributed by atoms with Gasteiger partial charge >= 0.3 is 0 Å². The van der Waals surface area contributed by atoms with E-state index in [0.29, 0.717) is 5.65 Å². The van der Waals surface area contributed by atoms with E-state index in [2.05, 4.69) is 66.7 Å². The summed E-state index contributed by atoms with van der Waals surface area (Å²) < 4.78 is 7.42. The van der Waals surface area contributed by atoms with Gasteiger partial charge in [0.2, 0.25) is 0 Å². The number of ether oxygens (including phenoxy) is 1. The van der Waals surface area contributed by atoms with E-state index in [1.807, 2.05) is 19.1 Å². The minimum absolute atomic E-state index is 0.00770. The van der Waals surface area contributed by atoms with Crippen LogP contribution in [0.4, 0.5) is 0 Å². The fraction of sp³-hybridized carbons (Fsp3) is 0.280. The van der Waals surface area contributed by atoms with Crippen LogP contribution < -0.4 is 5.32 Å². The second kappa shape index (κ2) is 8.22. The van der Waals surface area contributed by atoms with E-state index < -0.39 is 0 Å². The Morgan fingerprint density at radius 2 is 1.91 bits per heavy atom. The summed E-state index contributed by atoms with van der Waals surface area (Å²) in [6, 6.07) is 18.0. The van der Waals surface area contributed by atoms with Crippen molar-refractivity contribution in [3.05, 3.63) is 75.9 Å². The van der Waals surface area contributed by atoms with Crippen LogP contribution in [0, 0.1) is 6.92 Å². The molecule has 4 aromatic rings. The van der Waals surface area contributed by atoms with E-state index in [9.17, 15) is 5.11 Å². The zero-order valence-corrected chi connectivity index (χ0v) is 19.7. The standard InChI is InChI=1S/C25H24BrN5O2/c1-14-22-19(12-20(28-24(22)30-29-14)15-4-8-18(32)9-5-15)23-25(33-23)31-11-10-27-13-21(31)16-2-6-17(26)7-3-16/h2-9,12,21,23,25,27,32H,10-11,13H2,1H3,(H,28,29,30). The van der Waals surface area contributed by atoms with Gasteiger partial charge in [-0.1, -0.05) is 28.1 Å². The van der Waals surface area contributed by atoms with Crippen molar-refractivity contribution < 1.29 is 9.84 Å². The molecule has 0 aliphatic carbocycles. The first-order valence-corrected chi connectivity index (χ1v) is 11.9. The van der Waals surface area contributed by atoms with Gasteiger partial charge in [-0.2, -0.15) is 5.10 Å². The Kier molecular flexibility index (Phi) is 5.18. The summed E-state index contributed by atoms with van der Waals surface area (Å²) in [7, 11) is 0. The Morgan fingerprint density at radius 1 is 1.12 bits per heavy atom. The first kappa shape index (κ1) is 20.8. The molecule has 2 aromatic carbocycles. The molecule has 0 saturated carbocycles. The number of aromatic hydroxyl groups is 1.